The first-order valence-corrected chi connectivity index (χ1v) is 7.29. The maximum atomic E-state index is 12.2. The molecule has 1 aromatic carbocycles. The van der Waals surface area contributed by atoms with Crippen molar-refractivity contribution in [3.05, 3.63) is 29.3 Å². The molecule has 5 heteroatoms. The highest BCUT2D eigenvalue weighted by Crippen LogP contribution is 2.29. The van der Waals surface area contributed by atoms with Gasteiger partial charge in [-0.1, -0.05) is 12.8 Å². The van der Waals surface area contributed by atoms with Gasteiger partial charge in [0, 0.05) is 12.1 Å². The summed E-state index contributed by atoms with van der Waals surface area (Å²) in [5, 5.41) is 21.4. The lowest BCUT2D eigenvalue weighted by atomic mass is 9.79. The Morgan fingerprint density at radius 3 is 2.67 bits per heavy atom. The Labute approximate surface area is 124 Å². The number of phenols is 1. The summed E-state index contributed by atoms with van der Waals surface area (Å²) in [6.45, 7) is 2.14. The maximum absolute atomic E-state index is 12.2. The van der Waals surface area contributed by atoms with Gasteiger partial charge in [-0.25, -0.2) is 0 Å². The van der Waals surface area contributed by atoms with Gasteiger partial charge in [0.25, 0.3) is 5.91 Å². The molecule has 0 bridgehead atoms. The quantitative estimate of drug-likeness (QED) is 0.794. The highest BCUT2D eigenvalue weighted by Gasteiger charge is 2.30. The highest BCUT2D eigenvalue weighted by molar-refractivity contribution is 5.95. The van der Waals surface area contributed by atoms with Crippen LogP contribution in [0.25, 0.3) is 0 Å². The standard InChI is InChI=1S/C16H21NO4/c1-10-8-12(18)6-7-13(10)15(19)17-9-11-4-2-3-5-14(11)16(20)21/h6-8,11,14,18H,2-5,9H2,1H3,(H,17,19)(H,20,21). The number of carbonyl (C=O) groups excluding carboxylic acids is 1. The van der Waals surface area contributed by atoms with Crippen LogP contribution in [0.5, 0.6) is 5.75 Å². The molecule has 0 heterocycles. The Bertz CT molecular complexity index is 541. The fraction of sp³-hybridized carbons (Fsp3) is 0.500. The lowest BCUT2D eigenvalue weighted by Crippen LogP contribution is -2.37. The zero-order valence-electron chi connectivity index (χ0n) is 12.1. The molecule has 1 aliphatic rings. The van der Waals surface area contributed by atoms with Crippen LogP contribution in [0.3, 0.4) is 0 Å². The van der Waals surface area contributed by atoms with E-state index in [1.165, 1.54) is 12.1 Å². The smallest absolute Gasteiger partial charge is 0.306 e. The van der Waals surface area contributed by atoms with E-state index in [1.54, 1.807) is 13.0 Å². The minimum atomic E-state index is -0.769. The lowest BCUT2D eigenvalue weighted by Gasteiger charge is -2.28. The Balaban J connectivity index is 1.98. The topological polar surface area (TPSA) is 86.6 Å². The van der Waals surface area contributed by atoms with Gasteiger partial charge < -0.3 is 15.5 Å². The van der Waals surface area contributed by atoms with Gasteiger partial charge in [-0.3, -0.25) is 9.59 Å². The van der Waals surface area contributed by atoms with Crippen molar-refractivity contribution in [2.75, 3.05) is 6.54 Å². The average molecular weight is 291 g/mol. The first kappa shape index (κ1) is 15.4. The number of rotatable bonds is 4. The highest BCUT2D eigenvalue weighted by atomic mass is 16.4. The summed E-state index contributed by atoms with van der Waals surface area (Å²) in [4.78, 5) is 23.4. The zero-order valence-corrected chi connectivity index (χ0v) is 12.1. The Morgan fingerprint density at radius 1 is 1.29 bits per heavy atom. The number of hydrogen-bond acceptors (Lipinski definition) is 3. The third-order valence-electron chi connectivity index (χ3n) is 4.21. The van der Waals surface area contributed by atoms with Crippen molar-refractivity contribution in [1.29, 1.82) is 0 Å². The number of phenolic OH excluding ortho intramolecular Hbond substituents is 1. The fourth-order valence-corrected chi connectivity index (χ4v) is 3.00. The van der Waals surface area contributed by atoms with Crippen molar-refractivity contribution < 1.29 is 19.8 Å². The molecule has 1 fully saturated rings. The Hall–Kier alpha value is -2.04. The molecule has 0 saturated heterocycles. The van der Waals surface area contributed by atoms with Crippen LogP contribution < -0.4 is 5.32 Å². The zero-order chi connectivity index (χ0) is 15.4. The normalized spacial score (nSPS) is 21.8. The molecule has 0 aromatic heterocycles. The molecule has 1 saturated carbocycles. The number of carboxylic acids is 1. The molecule has 0 aliphatic heterocycles. The third kappa shape index (κ3) is 3.74. The number of carbonyl (C=O) groups is 2. The molecule has 1 aliphatic carbocycles. The summed E-state index contributed by atoms with van der Waals surface area (Å²) >= 11 is 0. The van der Waals surface area contributed by atoms with Crippen molar-refractivity contribution in [2.45, 2.75) is 32.6 Å². The van der Waals surface area contributed by atoms with Gasteiger partial charge in [-0.2, -0.15) is 0 Å². The number of benzene rings is 1. The van der Waals surface area contributed by atoms with Crippen molar-refractivity contribution in [2.24, 2.45) is 11.8 Å². The number of aliphatic carboxylic acids is 1. The molecular weight excluding hydrogens is 270 g/mol. The minimum absolute atomic E-state index is 0.00220. The van der Waals surface area contributed by atoms with E-state index in [-0.39, 0.29) is 23.5 Å². The predicted molar refractivity (Wildman–Crippen MR) is 78.3 cm³/mol. The predicted octanol–water partition coefficient (Wildman–Crippen LogP) is 2.32. The number of aromatic hydroxyl groups is 1. The SMILES string of the molecule is Cc1cc(O)ccc1C(=O)NCC1CCCCC1C(=O)O. The minimum Gasteiger partial charge on any atom is -0.508 e. The summed E-state index contributed by atoms with van der Waals surface area (Å²) in [7, 11) is 0. The summed E-state index contributed by atoms with van der Waals surface area (Å²) in [6, 6.07) is 4.59. The number of amides is 1. The van der Waals surface area contributed by atoms with E-state index in [2.05, 4.69) is 5.32 Å². The van der Waals surface area contributed by atoms with E-state index < -0.39 is 5.97 Å². The number of aryl methyl sites for hydroxylation is 1. The molecule has 114 valence electrons. The maximum Gasteiger partial charge on any atom is 0.306 e. The molecule has 2 rings (SSSR count). The van der Waals surface area contributed by atoms with Crippen molar-refractivity contribution in [1.82, 2.24) is 5.32 Å². The van der Waals surface area contributed by atoms with Crippen LogP contribution in [0.15, 0.2) is 18.2 Å². The monoisotopic (exact) mass is 291 g/mol. The molecule has 3 N–H and O–H groups in total. The first-order chi connectivity index (χ1) is 9.99. The van der Waals surface area contributed by atoms with Crippen molar-refractivity contribution in [3.8, 4) is 5.75 Å². The van der Waals surface area contributed by atoms with E-state index >= 15 is 0 Å². The molecular formula is C16H21NO4. The molecule has 0 radical (unpaired) electrons. The molecule has 1 aromatic rings. The van der Waals surface area contributed by atoms with Crippen LogP contribution in [-0.2, 0) is 4.79 Å². The molecule has 1 amide bonds. The van der Waals surface area contributed by atoms with Gasteiger partial charge in [0.1, 0.15) is 5.75 Å². The number of carboxylic acid groups (broad SMARTS) is 1. The first-order valence-electron chi connectivity index (χ1n) is 7.29. The van der Waals surface area contributed by atoms with E-state index in [1.807, 2.05) is 0 Å². The Kier molecular flexibility index (Phi) is 4.83. The molecule has 5 nitrogen and oxygen atoms in total. The van der Waals surface area contributed by atoms with Gasteiger partial charge >= 0.3 is 5.97 Å². The van der Waals surface area contributed by atoms with E-state index in [0.29, 0.717) is 24.1 Å². The van der Waals surface area contributed by atoms with Gasteiger partial charge in [0.2, 0.25) is 0 Å². The molecule has 2 unspecified atom stereocenters. The van der Waals surface area contributed by atoms with E-state index in [0.717, 1.165) is 19.3 Å². The number of hydrogen-bond donors (Lipinski definition) is 3. The molecule has 21 heavy (non-hydrogen) atoms. The van der Waals surface area contributed by atoms with Crippen LogP contribution in [0.2, 0.25) is 0 Å². The fourth-order valence-electron chi connectivity index (χ4n) is 3.00. The van der Waals surface area contributed by atoms with Crippen LogP contribution in [0, 0.1) is 18.8 Å². The average Bonchev–Trinajstić information content (AvgIpc) is 2.45. The summed E-state index contributed by atoms with van der Waals surface area (Å²) in [5.41, 5.74) is 1.21. The lowest BCUT2D eigenvalue weighted by molar-refractivity contribution is -0.144. The van der Waals surface area contributed by atoms with E-state index in [9.17, 15) is 19.8 Å². The summed E-state index contributed by atoms with van der Waals surface area (Å²) < 4.78 is 0. The second-order valence-corrected chi connectivity index (χ2v) is 5.70. The van der Waals surface area contributed by atoms with Crippen LogP contribution in [-0.4, -0.2) is 28.6 Å². The van der Waals surface area contributed by atoms with Gasteiger partial charge in [0.05, 0.1) is 5.92 Å². The molecule has 2 atom stereocenters. The number of nitrogens with one attached hydrogen (secondary N) is 1. The van der Waals surface area contributed by atoms with Gasteiger partial charge in [-0.15, -0.1) is 0 Å². The summed E-state index contributed by atoms with van der Waals surface area (Å²) in [6.07, 6.45) is 3.49. The summed E-state index contributed by atoms with van der Waals surface area (Å²) in [5.74, 6) is -1.23. The van der Waals surface area contributed by atoms with Gasteiger partial charge in [0.15, 0.2) is 0 Å². The van der Waals surface area contributed by atoms with Crippen LogP contribution >= 0.6 is 0 Å². The van der Waals surface area contributed by atoms with Crippen molar-refractivity contribution >= 4 is 11.9 Å². The third-order valence-corrected chi connectivity index (χ3v) is 4.21. The van der Waals surface area contributed by atoms with Crippen LogP contribution in [0.1, 0.15) is 41.6 Å². The molecule has 0 spiro atoms. The van der Waals surface area contributed by atoms with Crippen LogP contribution in [0.4, 0.5) is 0 Å². The van der Waals surface area contributed by atoms with Gasteiger partial charge in [-0.05, 0) is 49.4 Å². The van der Waals surface area contributed by atoms with Crippen molar-refractivity contribution in [3.63, 3.8) is 0 Å². The second kappa shape index (κ2) is 6.61. The van der Waals surface area contributed by atoms with E-state index in [4.69, 9.17) is 0 Å². The Morgan fingerprint density at radius 2 is 2.00 bits per heavy atom. The largest absolute Gasteiger partial charge is 0.508 e. The second-order valence-electron chi connectivity index (χ2n) is 5.70.